The Bertz CT molecular complexity index is 558. The number of aromatic hydroxyl groups is 1. The normalized spacial score (nSPS) is 14.3. The monoisotopic (exact) mass is 247 g/mol. The van der Waals surface area contributed by atoms with Gasteiger partial charge in [0.25, 0.3) is 11.8 Å². The van der Waals surface area contributed by atoms with E-state index in [0.29, 0.717) is 0 Å². The second-order valence-corrected chi connectivity index (χ2v) is 3.71. The van der Waals surface area contributed by atoms with Crippen LogP contribution < -0.4 is 0 Å². The third-order valence-corrected chi connectivity index (χ3v) is 2.58. The summed E-state index contributed by atoms with van der Waals surface area (Å²) in [4.78, 5) is 34.4. The molecule has 0 saturated carbocycles. The van der Waals surface area contributed by atoms with Gasteiger partial charge in [-0.1, -0.05) is 12.1 Å². The van der Waals surface area contributed by atoms with Crippen LogP contribution in [-0.2, 0) is 16.1 Å². The molecule has 6 heteroatoms. The fraction of sp³-hybridized carbons (Fsp3) is 0.0833. The lowest BCUT2D eigenvalue weighted by molar-refractivity contribution is -0.137. The van der Waals surface area contributed by atoms with Crippen molar-refractivity contribution in [1.29, 1.82) is 0 Å². The Morgan fingerprint density at radius 2 is 1.78 bits per heavy atom. The van der Waals surface area contributed by atoms with E-state index >= 15 is 0 Å². The number of amides is 2. The summed E-state index contributed by atoms with van der Waals surface area (Å²) >= 11 is 0. The van der Waals surface area contributed by atoms with Crippen molar-refractivity contribution in [3.8, 4) is 5.75 Å². The SMILES string of the molecule is O=C(O)c1cccc(CN2C(=O)C=CC2=O)c1O. The summed E-state index contributed by atoms with van der Waals surface area (Å²) in [5.41, 5.74) is -0.0557. The minimum absolute atomic E-state index is 0.155. The molecule has 0 bridgehead atoms. The molecule has 0 unspecified atom stereocenters. The molecule has 1 heterocycles. The molecule has 18 heavy (non-hydrogen) atoms. The van der Waals surface area contributed by atoms with Crippen LogP contribution in [0.3, 0.4) is 0 Å². The smallest absolute Gasteiger partial charge is 0.339 e. The van der Waals surface area contributed by atoms with E-state index in [1.807, 2.05) is 0 Å². The number of nitrogens with zero attached hydrogens (tertiary/aromatic N) is 1. The average Bonchev–Trinajstić information content (AvgIpc) is 2.63. The molecule has 1 aromatic carbocycles. The Hall–Kier alpha value is -2.63. The molecule has 2 rings (SSSR count). The maximum Gasteiger partial charge on any atom is 0.339 e. The molecular weight excluding hydrogens is 238 g/mol. The van der Waals surface area contributed by atoms with Gasteiger partial charge in [0.15, 0.2) is 0 Å². The van der Waals surface area contributed by atoms with Gasteiger partial charge < -0.3 is 10.2 Å². The van der Waals surface area contributed by atoms with Crippen LogP contribution in [0.25, 0.3) is 0 Å². The molecule has 0 saturated heterocycles. The summed E-state index contributed by atoms with van der Waals surface area (Å²) in [7, 11) is 0. The molecule has 0 atom stereocenters. The van der Waals surface area contributed by atoms with E-state index in [9.17, 15) is 19.5 Å². The number of rotatable bonds is 3. The zero-order valence-corrected chi connectivity index (χ0v) is 9.16. The number of hydrogen-bond donors (Lipinski definition) is 2. The lowest BCUT2D eigenvalue weighted by Gasteiger charge is -2.15. The Balaban J connectivity index is 2.30. The minimum atomic E-state index is -1.27. The highest BCUT2D eigenvalue weighted by Crippen LogP contribution is 2.24. The molecule has 2 amide bonds. The molecule has 1 aliphatic heterocycles. The zero-order valence-electron chi connectivity index (χ0n) is 9.16. The molecule has 1 aliphatic rings. The van der Waals surface area contributed by atoms with E-state index in [-0.39, 0.29) is 17.7 Å². The topological polar surface area (TPSA) is 94.9 Å². The Labute approximate surface area is 102 Å². The highest BCUT2D eigenvalue weighted by molar-refractivity contribution is 6.12. The van der Waals surface area contributed by atoms with Gasteiger partial charge in [-0.15, -0.1) is 0 Å². The number of hydrogen-bond acceptors (Lipinski definition) is 4. The predicted molar refractivity (Wildman–Crippen MR) is 59.8 cm³/mol. The minimum Gasteiger partial charge on any atom is -0.507 e. The molecule has 92 valence electrons. The Morgan fingerprint density at radius 3 is 2.33 bits per heavy atom. The van der Waals surface area contributed by atoms with Crippen LogP contribution in [0.1, 0.15) is 15.9 Å². The molecule has 0 aromatic heterocycles. The number of carboxylic acids is 1. The van der Waals surface area contributed by atoms with Crippen LogP contribution in [0.4, 0.5) is 0 Å². The van der Waals surface area contributed by atoms with Crippen molar-refractivity contribution in [3.05, 3.63) is 41.5 Å². The summed E-state index contributed by atoms with van der Waals surface area (Å²) in [5.74, 6) is -2.68. The predicted octanol–water partition coefficient (Wildman–Crippen LogP) is 0.515. The first-order chi connectivity index (χ1) is 8.50. The lowest BCUT2D eigenvalue weighted by atomic mass is 10.1. The number of imide groups is 1. The second-order valence-electron chi connectivity index (χ2n) is 3.71. The third-order valence-electron chi connectivity index (χ3n) is 2.58. The summed E-state index contributed by atoms with van der Waals surface area (Å²) in [6, 6.07) is 4.14. The Morgan fingerprint density at radius 1 is 1.17 bits per heavy atom. The Kier molecular flexibility index (Phi) is 2.85. The van der Waals surface area contributed by atoms with Crippen LogP contribution in [0.2, 0.25) is 0 Å². The quantitative estimate of drug-likeness (QED) is 0.759. The van der Waals surface area contributed by atoms with E-state index in [1.54, 1.807) is 0 Å². The average molecular weight is 247 g/mol. The summed E-state index contributed by atoms with van der Waals surface area (Å²) < 4.78 is 0. The van der Waals surface area contributed by atoms with Gasteiger partial charge in [-0.05, 0) is 6.07 Å². The standard InChI is InChI=1S/C12H9NO5/c14-9-4-5-10(15)13(9)6-7-2-1-3-8(11(7)16)12(17)18/h1-5,16H,6H2,(H,17,18). The van der Waals surface area contributed by atoms with Gasteiger partial charge in [0.05, 0.1) is 6.54 Å². The van der Waals surface area contributed by atoms with Gasteiger partial charge in [-0.3, -0.25) is 14.5 Å². The van der Waals surface area contributed by atoms with Crippen molar-refractivity contribution in [3.63, 3.8) is 0 Å². The van der Waals surface area contributed by atoms with Crippen molar-refractivity contribution in [1.82, 2.24) is 4.90 Å². The van der Waals surface area contributed by atoms with Gasteiger partial charge in [0, 0.05) is 17.7 Å². The van der Waals surface area contributed by atoms with Gasteiger partial charge in [0.2, 0.25) is 0 Å². The van der Waals surface area contributed by atoms with Crippen LogP contribution in [0.5, 0.6) is 5.75 Å². The van der Waals surface area contributed by atoms with E-state index < -0.39 is 23.5 Å². The van der Waals surface area contributed by atoms with Gasteiger partial charge in [-0.25, -0.2) is 4.79 Å². The molecule has 2 N–H and O–H groups in total. The highest BCUT2D eigenvalue weighted by atomic mass is 16.4. The fourth-order valence-electron chi connectivity index (χ4n) is 1.65. The molecule has 0 aliphatic carbocycles. The van der Waals surface area contributed by atoms with Gasteiger partial charge in [0.1, 0.15) is 11.3 Å². The van der Waals surface area contributed by atoms with Crippen LogP contribution in [0, 0.1) is 0 Å². The summed E-state index contributed by atoms with van der Waals surface area (Å²) in [6.07, 6.45) is 2.25. The number of phenols is 1. The van der Waals surface area contributed by atoms with Crippen molar-refractivity contribution < 1.29 is 24.6 Å². The number of benzene rings is 1. The molecule has 0 fully saturated rings. The molecule has 6 nitrogen and oxygen atoms in total. The van der Waals surface area contributed by atoms with Crippen LogP contribution >= 0.6 is 0 Å². The largest absolute Gasteiger partial charge is 0.507 e. The van der Waals surface area contributed by atoms with E-state index in [2.05, 4.69) is 0 Å². The number of para-hydroxylation sites is 1. The number of carboxylic acid groups (broad SMARTS) is 1. The first-order valence-corrected chi connectivity index (χ1v) is 5.08. The number of carbonyl (C=O) groups excluding carboxylic acids is 2. The molecule has 0 spiro atoms. The van der Waals surface area contributed by atoms with Gasteiger partial charge in [-0.2, -0.15) is 0 Å². The maximum absolute atomic E-state index is 11.3. The number of aromatic carboxylic acids is 1. The maximum atomic E-state index is 11.3. The van der Waals surface area contributed by atoms with Crippen LogP contribution in [-0.4, -0.2) is 32.9 Å². The number of carbonyl (C=O) groups is 3. The second kappa shape index (κ2) is 4.33. The first-order valence-electron chi connectivity index (χ1n) is 5.08. The highest BCUT2D eigenvalue weighted by Gasteiger charge is 2.25. The van der Waals surface area contributed by atoms with Crippen LogP contribution in [0.15, 0.2) is 30.4 Å². The first kappa shape index (κ1) is 11.8. The molecular formula is C12H9NO5. The molecule has 1 aromatic rings. The van der Waals surface area contributed by atoms with Crippen molar-refractivity contribution >= 4 is 17.8 Å². The van der Waals surface area contributed by atoms with Crippen molar-refractivity contribution in [2.24, 2.45) is 0 Å². The van der Waals surface area contributed by atoms with E-state index in [1.165, 1.54) is 18.2 Å². The van der Waals surface area contributed by atoms with E-state index in [4.69, 9.17) is 5.11 Å². The fourth-order valence-corrected chi connectivity index (χ4v) is 1.65. The summed E-state index contributed by atoms with van der Waals surface area (Å²) in [5, 5.41) is 18.6. The van der Waals surface area contributed by atoms with Crippen molar-refractivity contribution in [2.45, 2.75) is 6.54 Å². The third kappa shape index (κ3) is 1.95. The summed E-state index contributed by atoms with van der Waals surface area (Å²) in [6.45, 7) is -0.155. The zero-order chi connectivity index (χ0) is 13.3. The molecule has 0 radical (unpaired) electrons. The van der Waals surface area contributed by atoms with Gasteiger partial charge >= 0.3 is 5.97 Å². The van der Waals surface area contributed by atoms with E-state index in [0.717, 1.165) is 17.1 Å². The van der Waals surface area contributed by atoms with Crippen molar-refractivity contribution in [2.75, 3.05) is 0 Å². The lowest BCUT2D eigenvalue weighted by Crippen LogP contribution is -2.29.